The molecule has 2 heterocycles. The lowest BCUT2D eigenvalue weighted by Crippen LogP contribution is -2.06. The van der Waals surface area contributed by atoms with Crippen LogP contribution in [0.4, 0.5) is 5.69 Å². The minimum Gasteiger partial charge on any atom is -0.461 e. The third-order valence-electron chi connectivity index (χ3n) is 3.40. The van der Waals surface area contributed by atoms with E-state index in [0.29, 0.717) is 22.2 Å². The Bertz CT molecular complexity index is 884. The molecule has 0 spiro atoms. The van der Waals surface area contributed by atoms with E-state index in [-0.39, 0.29) is 18.0 Å². The Balaban J connectivity index is 2.19. The first-order valence-corrected chi connectivity index (χ1v) is 7.00. The highest BCUT2D eigenvalue weighted by Crippen LogP contribution is 2.32. The van der Waals surface area contributed by atoms with Crippen LogP contribution in [0.5, 0.6) is 0 Å². The average Bonchev–Trinajstić information content (AvgIpc) is 2.94. The molecule has 2 aromatic heterocycles. The van der Waals surface area contributed by atoms with Gasteiger partial charge in [0.15, 0.2) is 0 Å². The van der Waals surface area contributed by atoms with Crippen LogP contribution in [0.3, 0.4) is 0 Å². The molecule has 0 unspecified atom stereocenters. The van der Waals surface area contributed by atoms with Gasteiger partial charge >= 0.3 is 5.97 Å². The van der Waals surface area contributed by atoms with Gasteiger partial charge in [0.25, 0.3) is 5.69 Å². The van der Waals surface area contributed by atoms with Gasteiger partial charge in [0.05, 0.1) is 22.6 Å². The second-order valence-corrected chi connectivity index (χ2v) is 4.80. The fourth-order valence-electron chi connectivity index (χ4n) is 2.41. The van der Waals surface area contributed by atoms with Crippen molar-refractivity contribution in [3.8, 4) is 11.1 Å². The molecule has 0 aliphatic heterocycles. The van der Waals surface area contributed by atoms with Crippen molar-refractivity contribution in [2.45, 2.75) is 6.92 Å². The van der Waals surface area contributed by atoms with Gasteiger partial charge in [-0.25, -0.2) is 4.79 Å². The molecule has 3 rings (SSSR count). The van der Waals surface area contributed by atoms with Crippen molar-refractivity contribution in [1.29, 1.82) is 0 Å². The lowest BCUT2D eigenvalue weighted by molar-refractivity contribution is -0.384. The summed E-state index contributed by atoms with van der Waals surface area (Å²) in [5, 5.41) is 10.8. The molecular formula is C16H13N3O4. The third-order valence-corrected chi connectivity index (χ3v) is 3.40. The number of hydrogen-bond acceptors (Lipinski definition) is 5. The van der Waals surface area contributed by atoms with Crippen LogP contribution in [-0.2, 0) is 4.74 Å². The molecule has 1 N–H and O–H groups in total. The van der Waals surface area contributed by atoms with Crippen LogP contribution in [0.2, 0.25) is 0 Å². The number of nitro groups is 1. The number of nitro benzene ring substituents is 1. The average molecular weight is 311 g/mol. The Morgan fingerprint density at radius 2 is 2.04 bits per heavy atom. The van der Waals surface area contributed by atoms with Crippen LogP contribution < -0.4 is 0 Å². The predicted octanol–water partition coefficient (Wildman–Crippen LogP) is 3.31. The Morgan fingerprint density at radius 3 is 2.70 bits per heavy atom. The molecule has 116 valence electrons. The molecule has 0 saturated heterocycles. The van der Waals surface area contributed by atoms with Crippen LogP contribution >= 0.6 is 0 Å². The molecule has 3 aromatic rings. The van der Waals surface area contributed by atoms with Crippen molar-refractivity contribution in [3.63, 3.8) is 0 Å². The first-order chi connectivity index (χ1) is 11.1. The predicted molar refractivity (Wildman–Crippen MR) is 84.1 cm³/mol. The lowest BCUT2D eigenvalue weighted by Gasteiger charge is -2.04. The van der Waals surface area contributed by atoms with Gasteiger partial charge in [-0.2, -0.15) is 0 Å². The van der Waals surface area contributed by atoms with Crippen molar-refractivity contribution in [2.24, 2.45) is 0 Å². The van der Waals surface area contributed by atoms with Gasteiger partial charge in [0, 0.05) is 23.9 Å². The van der Waals surface area contributed by atoms with Crippen molar-refractivity contribution in [3.05, 3.63) is 58.4 Å². The fraction of sp³-hybridized carbons (Fsp3) is 0.125. The van der Waals surface area contributed by atoms with Crippen molar-refractivity contribution >= 4 is 22.7 Å². The van der Waals surface area contributed by atoms with E-state index in [0.717, 1.165) is 0 Å². The number of H-pyrrole nitrogens is 1. The first kappa shape index (κ1) is 14.7. The second-order valence-electron chi connectivity index (χ2n) is 4.80. The number of carbonyl (C=O) groups is 1. The largest absolute Gasteiger partial charge is 0.461 e. The lowest BCUT2D eigenvalue weighted by atomic mass is 10.0. The van der Waals surface area contributed by atoms with E-state index >= 15 is 0 Å². The number of ether oxygens (including phenoxy) is 1. The molecule has 0 aliphatic rings. The summed E-state index contributed by atoms with van der Waals surface area (Å²) in [6.45, 7) is 1.98. The molecular weight excluding hydrogens is 298 g/mol. The smallest absolute Gasteiger partial charge is 0.355 e. The van der Waals surface area contributed by atoms with E-state index < -0.39 is 10.9 Å². The Hall–Kier alpha value is -3.22. The number of carbonyl (C=O) groups excluding carboxylic acids is 1. The molecule has 23 heavy (non-hydrogen) atoms. The zero-order valence-electron chi connectivity index (χ0n) is 12.3. The first-order valence-electron chi connectivity index (χ1n) is 7.00. The van der Waals surface area contributed by atoms with Crippen molar-refractivity contribution < 1.29 is 14.5 Å². The van der Waals surface area contributed by atoms with E-state index in [4.69, 9.17) is 4.74 Å². The molecule has 7 heteroatoms. The van der Waals surface area contributed by atoms with E-state index in [1.54, 1.807) is 37.4 Å². The Kier molecular flexibility index (Phi) is 3.76. The topological polar surface area (TPSA) is 98.1 Å². The van der Waals surface area contributed by atoms with Gasteiger partial charge in [0.2, 0.25) is 0 Å². The number of aromatic nitrogens is 2. The van der Waals surface area contributed by atoms with Crippen LogP contribution in [0, 0.1) is 10.1 Å². The number of non-ortho nitro benzene ring substituents is 1. The molecule has 0 bridgehead atoms. The number of fused-ring (bicyclic) bond motifs is 1. The number of nitrogens with zero attached hydrogens (tertiary/aromatic N) is 2. The molecule has 0 radical (unpaired) electrons. The molecule has 0 aliphatic carbocycles. The van der Waals surface area contributed by atoms with Gasteiger partial charge in [0.1, 0.15) is 5.69 Å². The van der Waals surface area contributed by atoms with Crippen molar-refractivity contribution in [2.75, 3.05) is 6.61 Å². The summed E-state index contributed by atoms with van der Waals surface area (Å²) in [4.78, 5) is 29.8. The van der Waals surface area contributed by atoms with Crippen LogP contribution in [-0.4, -0.2) is 27.5 Å². The Morgan fingerprint density at radius 1 is 1.30 bits per heavy atom. The molecule has 0 saturated carbocycles. The van der Waals surface area contributed by atoms with Crippen LogP contribution in [0.1, 0.15) is 17.4 Å². The minimum atomic E-state index is -0.487. The van der Waals surface area contributed by atoms with Crippen LogP contribution in [0.25, 0.3) is 22.2 Å². The molecule has 0 atom stereocenters. The van der Waals surface area contributed by atoms with Gasteiger partial charge in [-0.3, -0.25) is 15.1 Å². The number of hydrogen-bond donors (Lipinski definition) is 1. The van der Waals surface area contributed by atoms with E-state index in [1.165, 1.54) is 12.1 Å². The SMILES string of the molecule is CCOC(=O)c1[nH]c2cccnc2c1-c1ccc([N+](=O)[O-])cc1. The number of esters is 1. The summed E-state index contributed by atoms with van der Waals surface area (Å²) in [5.41, 5.74) is 2.82. The quantitative estimate of drug-likeness (QED) is 0.453. The summed E-state index contributed by atoms with van der Waals surface area (Å²) in [7, 11) is 0. The molecule has 0 fully saturated rings. The second kappa shape index (κ2) is 5.88. The van der Waals surface area contributed by atoms with Gasteiger partial charge in [-0.1, -0.05) is 0 Å². The summed E-state index contributed by atoms with van der Waals surface area (Å²) in [6.07, 6.45) is 1.62. The Labute approximate surface area is 131 Å². The fourth-order valence-corrected chi connectivity index (χ4v) is 2.41. The van der Waals surface area contributed by atoms with Crippen LogP contribution in [0.15, 0.2) is 42.6 Å². The van der Waals surface area contributed by atoms with Gasteiger partial charge in [-0.05, 0) is 36.8 Å². The highest BCUT2D eigenvalue weighted by molar-refractivity contribution is 6.06. The number of rotatable bonds is 4. The standard InChI is InChI=1S/C16H13N3O4/c1-2-23-16(20)15-13(14-12(18-15)4-3-9-17-14)10-5-7-11(8-6-10)19(21)22/h3-9,18H,2H2,1H3. The number of nitrogens with one attached hydrogen (secondary N) is 1. The highest BCUT2D eigenvalue weighted by Gasteiger charge is 2.21. The zero-order chi connectivity index (χ0) is 16.4. The molecule has 1 aromatic carbocycles. The summed E-state index contributed by atoms with van der Waals surface area (Å²) >= 11 is 0. The molecule has 0 amide bonds. The van der Waals surface area contributed by atoms with Gasteiger partial charge < -0.3 is 9.72 Å². The number of benzene rings is 1. The summed E-state index contributed by atoms with van der Waals surface area (Å²) < 4.78 is 5.08. The maximum atomic E-state index is 12.2. The summed E-state index contributed by atoms with van der Waals surface area (Å²) in [5.74, 6) is -0.487. The third kappa shape index (κ3) is 2.64. The highest BCUT2D eigenvalue weighted by atomic mass is 16.6. The van der Waals surface area contributed by atoms with E-state index in [1.807, 2.05) is 0 Å². The maximum Gasteiger partial charge on any atom is 0.355 e. The van der Waals surface area contributed by atoms with Gasteiger partial charge in [-0.15, -0.1) is 0 Å². The monoisotopic (exact) mass is 311 g/mol. The normalized spacial score (nSPS) is 10.7. The van der Waals surface area contributed by atoms with E-state index in [9.17, 15) is 14.9 Å². The minimum absolute atomic E-state index is 0.0146. The number of aromatic amines is 1. The maximum absolute atomic E-state index is 12.2. The number of pyridine rings is 1. The summed E-state index contributed by atoms with van der Waals surface area (Å²) in [6, 6.07) is 9.54. The zero-order valence-corrected chi connectivity index (χ0v) is 12.3. The van der Waals surface area contributed by atoms with Crippen molar-refractivity contribution in [1.82, 2.24) is 9.97 Å². The molecule has 7 nitrogen and oxygen atoms in total. The van der Waals surface area contributed by atoms with E-state index in [2.05, 4.69) is 9.97 Å².